The Hall–Kier alpha value is -4.06. The number of hydrogen-bond donors (Lipinski definition) is 2. The Morgan fingerprint density at radius 3 is 2.40 bits per heavy atom. The highest BCUT2D eigenvalue weighted by Crippen LogP contribution is 2.45. The van der Waals surface area contributed by atoms with Crippen LogP contribution in [0.3, 0.4) is 0 Å². The molecule has 40 heavy (non-hydrogen) atoms. The third kappa shape index (κ3) is 5.48. The van der Waals surface area contributed by atoms with Gasteiger partial charge in [-0.3, -0.25) is 0 Å². The number of ether oxygens (including phenoxy) is 1. The van der Waals surface area contributed by atoms with Crippen LogP contribution in [0.4, 0.5) is 19.0 Å². The van der Waals surface area contributed by atoms with Gasteiger partial charge in [0, 0.05) is 41.5 Å². The summed E-state index contributed by atoms with van der Waals surface area (Å²) in [4.78, 5) is 21.8. The minimum absolute atomic E-state index is 0.197. The van der Waals surface area contributed by atoms with Crippen LogP contribution >= 0.6 is 0 Å². The fraction of sp³-hybridized carbons (Fsp3) is 0.393. The predicted molar refractivity (Wildman–Crippen MR) is 143 cm³/mol. The second kappa shape index (κ2) is 10.8. The van der Waals surface area contributed by atoms with Gasteiger partial charge in [-0.15, -0.1) is 0 Å². The number of halogens is 3. The van der Waals surface area contributed by atoms with Crippen LogP contribution in [0.1, 0.15) is 74.1 Å². The first-order valence-electron chi connectivity index (χ1n) is 13.0. The van der Waals surface area contributed by atoms with Crippen LogP contribution in [-0.2, 0) is 12.8 Å². The van der Waals surface area contributed by atoms with Gasteiger partial charge in [0.15, 0.2) is 11.5 Å². The largest absolute Gasteiger partial charge is 0.480 e. The van der Waals surface area contributed by atoms with Gasteiger partial charge in [-0.2, -0.15) is 13.2 Å². The molecule has 9 nitrogen and oxygen atoms in total. The summed E-state index contributed by atoms with van der Waals surface area (Å²) in [5, 5.41) is 13.3. The van der Waals surface area contributed by atoms with Crippen LogP contribution in [0.2, 0.25) is 0 Å². The molecule has 1 aliphatic rings. The van der Waals surface area contributed by atoms with Crippen molar-refractivity contribution in [3.8, 4) is 28.7 Å². The van der Waals surface area contributed by atoms with E-state index in [0.29, 0.717) is 40.1 Å². The number of rotatable bonds is 9. The first kappa shape index (κ1) is 27.5. The molecular formula is C28H30F3N7O2. The molecule has 0 saturated heterocycles. The maximum Gasteiger partial charge on any atom is 0.434 e. The molecule has 0 unspecified atom stereocenters. The van der Waals surface area contributed by atoms with E-state index in [0.717, 1.165) is 30.3 Å². The van der Waals surface area contributed by atoms with Gasteiger partial charge in [0.05, 0.1) is 19.4 Å². The fourth-order valence-electron chi connectivity index (χ4n) is 4.53. The lowest BCUT2D eigenvalue weighted by atomic mass is 10.1. The highest BCUT2D eigenvalue weighted by Gasteiger charge is 2.35. The second-order valence-electron chi connectivity index (χ2n) is 10.1. The number of methoxy groups -OCH3 is 1. The zero-order chi connectivity index (χ0) is 28.6. The maximum absolute atomic E-state index is 13.3. The highest BCUT2D eigenvalue weighted by atomic mass is 19.4. The van der Waals surface area contributed by atoms with E-state index in [1.165, 1.54) is 18.0 Å². The Balaban J connectivity index is 1.43. The Labute approximate surface area is 229 Å². The lowest BCUT2D eigenvalue weighted by molar-refractivity contribution is -0.140. The summed E-state index contributed by atoms with van der Waals surface area (Å²) in [5.41, 5.74) is 2.50. The van der Waals surface area contributed by atoms with Crippen LogP contribution in [0.25, 0.3) is 22.8 Å². The summed E-state index contributed by atoms with van der Waals surface area (Å²) in [5.74, 6) is 1.78. The molecule has 12 heteroatoms. The van der Waals surface area contributed by atoms with E-state index in [2.05, 4.69) is 25.3 Å². The number of nitrogens with zero attached hydrogens (tertiary/aromatic N) is 6. The van der Waals surface area contributed by atoms with Crippen LogP contribution in [0.15, 0.2) is 43.0 Å². The van der Waals surface area contributed by atoms with Crippen LogP contribution in [0.5, 0.6) is 5.88 Å². The lowest BCUT2D eigenvalue weighted by Gasteiger charge is -2.19. The molecule has 210 valence electrons. The number of anilines is 1. The molecule has 3 heterocycles. The molecule has 5 rings (SSSR count). The normalized spacial score (nSPS) is 14.4. The van der Waals surface area contributed by atoms with E-state index < -0.39 is 11.9 Å². The summed E-state index contributed by atoms with van der Waals surface area (Å²) in [6.07, 6.45) is 1.60. The van der Waals surface area contributed by atoms with E-state index in [1.807, 2.05) is 32.9 Å². The zero-order valence-electron chi connectivity index (χ0n) is 22.6. The third-order valence-corrected chi connectivity index (χ3v) is 6.86. The quantitative estimate of drug-likeness (QED) is 0.262. The van der Waals surface area contributed by atoms with E-state index in [-0.39, 0.29) is 24.5 Å². The molecule has 0 radical (unpaired) electrons. The third-order valence-electron chi connectivity index (χ3n) is 6.86. The van der Waals surface area contributed by atoms with E-state index >= 15 is 0 Å². The molecule has 1 fully saturated rings. The molecule has 0 amide bonds. The van der Waals surface area contributed by atoms with Crippen molar-refractivity contribution in [1.82, 2.24) is 29.5 Å². The van der Waals surface area contributed by atoms with E-state index in [9.17, 15) is 18.3 Å². The molecule has 1 aromatic carbocycles. The van der Waals surface area contributed by atoms with Crippen LogP contribution < -0.4 is 10.1 Å². The van der Waals surface area contributed by atoms with E-state index in [4.69, 9.17) is 9.72 Å². The Kier molecular flexibility index (Phi) is 7.45. The number of imidazole rings is 1. The van der Waals surface area contributed by atoms with Gasteiger partial charge in [-0.1, -0.05) is 24.3 Å². The van der Waals surface area contributed by atoms with Gasteiger partial charge in [0.25, 0.3) is 0 Å². The first-order valence-corrected chi connectivity index (χ1v) is 13.0. The van der Waals surface area contributed by atoms with Gasteiger partial charge < -0.3 is 19.7 Å². The van der Waals surface area contributed by atoms with Gasteiger partial charge in [0.2, 0.25) is 5.88 Å². The van der Waals surface area contributed by atoms with Crippen molar-refractivity contribution < 1.29 is 23.0 Å². The Morgan fingerprint density at radius 2 is 1.80 bits per heavy atom. The average molecular weight is 554 g/mol. The molecule has 1 saturated carbocycles. The van der Waals surface area contributed by atoms with Gasteiger partial charge in [-0.25, -0.2) is 24.9 Å². The number of aliphatic hydroxyl groups is 1. The summed E-state index contributed by atoms with van der Waals surface area (Å²) >= 11 is 0. The minimum Gasteiger partial charge on any atom is -0.480 e. The first-order chi connectivity index (χ1) is 19.1. The van der Waals surface area contributed by atoms with Crippen molar-refractivity contribution >= 4 is 5.82 Å². The number of benzene rings is 1. The number of aliphatic hydroxyl groups excluding tert-OH is 1. The SMILES string of the molecule is COc1ncnc(C2CC2)c1-c1ncc(CO)c(N[C@@H](C)c2ccc(-c3nc(C(F)(F)F)cn3C(C)C)cc2)n1. The van der Waals surface area contributed by atoms with Crippen molar-refractivity contribution in [2.45, 2.75) is 64.4 Å². The minimum atomic E-state index is -4.52. The average Bonchev–Trinajstić information content (AvgIpc) is 3.68. The summed E-state index contributed by atoms with van der Waals surface area (Å²) < 4.78 is 47.0. The molecule has 3 aromatic heterocycles. The summed E-state index contributed by atoms with van der Waals surface area (Å²) in [7, 11) is 1.53. The lowest BCUT2D eigenvalue weighted by Crippen LogP contribution is -2.12. The number of aromatic nitrogens is 6. The van der Waals surface area contributed by atoms with Gasteiger partial charge in [0.1, 0.15) is 23.5 Å². The summed E-state index contributed by atoms with van der Waals surface area (Å²) in [6.45, 7) is 5.28. The molecule has 2 N–H and O–H groups in total. The monoisotopic (exact) mass is 553 g/mol. The highest BCUT2D eigenvalue weighted by molar-refractivity contribution is 5.67. The zero-order valence-corrected chi connectivity index (χ0v) is 22.6. The molecule has 1 atom stereocenters. The molecular weight excluding hydrogens is 523 g/mol. The maximum atomic E-state index is 13.3. The van der Waals surface area contributed by atoms with Crippen molar-refractivity contribution in [2.75, 3.05) is 12.4 Å². The number of hydrogen-bond acceptors (Lipinski definition) is 8. The van der Waals surface area contributed by atoms with E-state index in [1.54, 1.807) is 18.3 Å². The Morgan fingerprint density at radius 1 is 1.07 bits per heavy atom. The standard InChI is InChI=1S/C28H30F3N7O2/c1-15(2)38-12-21(28(29,30)31)36-26(38)19-9-5-17(6-10-19)16(3)35-24-20(13-39)11-32-25(37-24)22-23(18-7-8-18)33-14-34-27(22)40-4/h5-6,9-12,14-16,18,39H,7-8,13H2,1-4H3,(H,32,35,37)/t16-/m0/s1. The molecule has 0 aliphatic heterocycles. The Bertz CT molecular complexity index is 1500. The van der Waals surface area contributed by atoms with Gasteiger partial charge in [-0.05, 0) is 39.2 Å². The van der Waals surface area contributed by atoms with Crippen molar-refractivity contribution in [3.63, 3.8) is 0 Å². The van der Waals surface area contributed by atoms with Gasteiger partial charge >= 0.3 is 6.18 Å². The molecule has 4 aromatic rings. The number of nitrogens with one attached hydrogen (secondary N) is 1. The van der Waals surface area contributed by atoms with Crippen LogP contribution in [-0.4, -0.2) is 41.7 Å². The molecule has 0 spiro atoms. The van der Waals surface area contributed by atoms with Crippen molar-refractivity contribution in [2.24, 2.45) is 0 Å². The van der Waals surface area contributed by atoms with Crippen molar-refractivity contribution in [1.29, 1.82) is 0 Å². The van der Waals surface area contributed by atoms with Crippen molar-refractivity contribution in [3.05, 3.63) is 65.5 Å². The smallest absolute Gasteiger partial charge is 0.434 e. The fourth-order valence-corrected chi connectivity index (χ4v) is 4.53. The molecule has 0 bridgehead atoms. The van der Waals surface area contributed by atoms with Crippen LogP contribution in [0, 0.1) is 0 Å². The molecule has 1 aliphatic carbocycles. The number of alkyl halides is 3. The second-order valence-corrected chi connectivity index (χ2v) is 10.1. The topological polar surface area (TPSA) is 111 Å². The summed E-state index contributed by atoms with van der Waals surface area (Å²) in [6, 6.07) is 6.72. The predicted octanol–water partition coefficient (Wildman–Crippen LogP) is 5.95.